The quantitative estimate of drug-likeness (QED) is 0.120. The van der Waals surface area contributed by atoms with Crippen LogP contribution in [0.15, 0.2) is 218 Å². The summed E-state index contributed by atoms with van der Waals surface area (Å²) in [5, 5.41) is 0. The molecule has 0 amide bonds. The van der Waals surface area contributed by atoms with Gasteiger partial charge in [0.1, 0.15) is 0 Å². The van der Waals surface area contributed by atoms with Crippen LogP contribution in [0.25, 0.3) is 35.4 Å². The van der Waals surface area contributed by atoms with Crippen LogP contribution in [-0.2, 0) is 0 Å². The number of rotatable bonds is 11. The van der Waals surface area contributed by atoms with Crippen molar-refractivity contribution in [3.8, 4) is 11.1 Å². The number of nitrogens with zero attached hydrogens (tertiary/aromatic N) is 2. The van der Waals surface area contributed by atoms with E-state index >= 15 is 0 Å². The Kier molecular flexibility index (Phi) is 24.7. The first kappa shape index (κ1) is 52.2. The van der Waals surface area contributed by atoms with Crippen molar-refractivity contribution >= 4 is 58.4 Å². The van der Waals surface area contributed by atoms with Crippen LogP contribution < -0.4 is 9.80 Å². The molecule has 0 saturated heterocycles. The number of hydrogen-bond acceptors (Lipinski definition) is 2. The number of para-hydroxylation sites is 4. The second-order valence-corrected chi connectivity index (χ2v) is 13.8. The molecule has 8 aromatic carbocycles. The fourth-order valence-corrected chi connectivity index (χ4v) is 6.63. The molecule has 0 aliphatic carbocycles. The molecule has 0 radical (unpaired) electrons. The maximum Gasteiger partial charge on any atom is 0.0462 e. The molecule has 0 saturated carbocycles. The van der Waals surface area contributed by atoms with Gasteiger partial charge in [0.15, 0.2) is 0 Å². The van der Waals surface area contributed by atoms with E-state index in [0.717, 1.165) is 45.3 Å². The minimum absolute atomic E-state index is 1.12. The second kappa shape index (κ2) is 30.8. The van der Waals surface area contributed by atoms with E-state index in [4.69, 9.17) is 0 Å². The van der Waals surface area contributed by atoms with E-state index in [1.165, 1.54) is 28.7 Å². The van der Waals surface area contributed by atoms with Crippen LogP contribution in [0, 0.1) is 0 Å². The lowest BCUT2D eigenvalue weighted by Gasteiger charge is -2.25. The number of benzene rings is 8. The molecule has 0 bridgehead atoms. The van der Waals surface area contributed by atoms with Crippen LogP contribution in [0.5, 0.6) is 0 Å². The summed E-state index contributed by atoms with van der Waals surface area (Å²) in [5.41, 5.74) is 13.8. The van der Waals surface area contributed by atoms with Crippen LogP contribution in [-0.4, -0.2) is 0 Å². The van der Waals surface area contributed by atoms with Crippen LogP contribution in [0.2, 0.25) is 0 Å². The lowest BCUT2D eigenvalue weighted by molar-refractivity contribution is 1.09. The minimum Gasteiger partial charge on any atom is -0.311 e. The van der Waals surface area contributed by atoms with E-state index in [9.17, 15) is 0 Å². The highest BCUT2D eigenvalue weighted by Crippen LogP contribution is 2.36. The molecule has 0 N–H and O–H groups in total. The first-order chi connectivity index (χ1) is 32.2. The van der Waals surface area contributed by atoms with Crippen molar-refractivity contribution in [1.82, 2.24) is 0 Å². The third kappa shape index (κ3) is 16.2. The lowest BCUT2D eigenvalue weighted by Crippen LogP contribution is -2.09. The topological polar surface area (TPSA) is 6.48 Å². The van der Waals surface area contributed by atoms with E-state index in [-0.39, 0.29) is 0 Å². The Morgan fingerprint density at radius 2 is 0.415 bits per heavy atom. The van der Waals surface area contributed by atoms with Gasteiger partial charge in [0.2, 0.25) is 0 Å². The Morgan fingerprint density at radius 3 is 0.615 bits per heavy atom. The van der Waals surface area contributed by atoms with Crippen LogP contribution in [0.4, 0.5) is 34.1 Å². The minimum atomic E-state index is 1.12. The van der Waals surface area contributed by atoms with Crippen LogP contribution >= 0.6 is 0 Å². The summed E-state index contributed by atoms with van der Waals surface area (Å²) < 4.78 is 0. The third-order valence-corrected chi connectivity index (χ3v) is 9.45. The molecule has 0 spiro atoms. The van der Waals surface area contributed by atoms with Gasteiger partial charge in [-0.1, -0.05) is 246 Å². The molecule has 8 rings (SSSR count). The number of hydrogen-bond donors (Lipinski definition) is 0. The van der Waals surface area contributed by atoms with Gasteiger partial charge in [-0.3, -0.25) is 0 Å². The van der Waals surface area contributed by atoms with Crippen molar-refractivity contribution in [2.45, 2.75) is 75.7 Å². The van der Waals surface area contributed by atoms with Gasteiger partial charge in [-0.25, -0.2) is 0 Å². The lowest BCUT2D eigenvalue weighted by atomic mass is 10.0. The van der Waals surface area contributed by atoms with Crippen molar-refractivity contribution in [2.75, 3.05) is 9.80 Å². The van der Waals surface area contributed by atoms with Crippen molar-refractivity contribution in [3.63, 3.8) is 0 Å². The average Bonchev–Trinajstić information content (AvgIpc) is 3.40. The SMILES string of the molecule is C(=C\c1ccc(N(c2ccccc2)c2ccccc2)cc1)/c1ccc(-c2ccc(/C=C/c3ccc(N(c4ccccc4)c4ccccc4)cc3)cc2)cc1.CC.CC.CC.CC.CCC. The maximum atomic E-state index is 2.28. The molecular weight excluding hydrogens is 785 g/mol. The largest absolute Gasteiger partial charge is 0.311 e. The maximum absolute atomic E-state index is 2.28. The fourth-order valence-electron chi connectivity index (χ4n) is 6.63. The molecule has 2 nitrogen and oxygen atoms in total. The monoisotopic (exact) mass is 857 g/mol. The van der Waals surface area contributed by atoms with Gasteiger partial charge < -0.3 is 9.80 Å². The predicted molar refractivity (Wildman–Crippen MR) is 293 cm³/mol. The molecule has 0 unspecified atom stereocenters. The molecule has 0 aromatic heterocycles. The molecular formula is C63H72N2. The predicted octanol–water partition coefficient (Wildman–Crippen LogP) is 20.2. The summed E-state index contributed by atoms with van der Waals surface area (Å²) in [6.45, 7) is 20.2. The Balaban J connectivity index is 0.000000945. The molecule has 0 fully saturated rings. The first-order valence-corrected chi connectivity index (χ1v) is 23.8. The fraction of sp³-hybridized carbons (Fsp3) is 0.175. The Hall–Kier alpha value is -7.16. The second-order valence-electron chi connectivity index (χ2n) is 13.8. The van der Waals surface area contributed by atoms with E-state index in [0.29, 0.717) is 0 Å². The Morgan fingerprint density at radius 1 is 0.246 bits per heavy atom. The molecule has 0 heterocycles. The first-order valence-electron chi connectivity index (χ1n) is 23.8. The molecule has 0 aliphatic heterocycles. The van der Waals surface area contributed by atoms with E-state index in [2.05, 4.69) is 266 Å². The molecule has 8 aromatic rings. The zero-order valence-electron chi connectivity index (χ0n) is 40.7. The molecule has 334 valence electrons. The molecule has 0 aliphatic rings. The van der Waals surface area contributed by atoms with Gasteiger partial charge >= 0.3 is 0 Å². The summed E-state index contributed by atoms with van der Waals surface area (Å²) in [5.74, 6) is 0. The van der Waals surface area contributed by atoms with Gasteiger partial charge in [-0.2, -0.15) is 0 Å². The average molecular weight is 857 g/mol. The third-order valence-electron chi connectivity index (χ3n) is 9.45. The standard InChI is InChI=1S/C52H40N2.C3H8.4C2H6/c1-5-13-47(14-6-1)53(48-15-7-2-8-16-48)51-37-29-43(30-38-51)23-21-41-25-33-45(34-26-41)46-35-27-42(28-36-46)22-24-44-31-39-52(40-32-44)54(49-17-9-3-10-18-49)50-19-11-4-12-20-50;1-3-2;4*1-2/h1-40H;3H2,1-2H3;4*1-2H3/b23-21+,24-22+;;;;;. The molecule has 2 heteroatoms. The van der Waals surface area contributed by atoms with E-state index in [1.54, 1.807) is 0 Å². The zero-order valence-corrected chi connectivity index (χ0v) is 40.7. The summed E-state index contributed by atoms with van der Waals surface area (Å²) in [7, 11) is 0. The smallest absolute Gasteiger partial charge is 0.0462 e. The normalized spacial score (nSPS) is 9.94. The Labute approximate surface area is 393 Å². The van der Waals surface area contributed by atoms with Crippen molar-refractivity contribution in [3.05, 3.63) is 241 Å². The van der Waals surface area contributed by atoms with Gasteiger partial charge in [0.05, 0.1) is 0 Å². The summed E-state index contributed by atoms with van der Waals surface area (Å²) >= 11 is 0. The van der Waals surface area contributed by atoms with Crippen LogP contribution in [0.3, 0.4) is 0 Å². The van der Waals surface area contributed by atoms with Gasteiger partial charge in [0.25, 0.3) is 0 Å². The highest BCUT2D eigenvalue weighted by Gasteiger charge is 2.12. The summed E-state index contributed by atoms with van der Waals surface area (Å²) in [6.07, 6.45) is 9.94. The zero-order chi connectivity index (χ0) is 47.1. The summed E-state index contributed by atoms with van der Waals surface area (Å²) in [4.78, 5) is 4.56. The van der Waals surface area contributed by atoms with Gasteiger partial charge in [-0.05, 0) is 106 Å². The molecule has 65 heavy (non-hydrogen) atoms. The summed E-state index contributed by atoms with van der Waals surface area (Å²) in [6, 6.07) is 76.9. The van der Waals surface area contributed by atoms with Gasteiger partial charge in [0, 0.05) is 34.1 Å². The van der Waals surface area contributed by atoms with Gasteiger partial charge in [-0.15, -0.1) is 0 Å². The van der Waals surface area contributed by atoms with E-state index < -0.39 is 0 Å². The highest BCUT2D eigenvalue weighted by molar-refractivity contribution is 5.80. The van der Waals surface area contributed by atoms with Crippen LogP contribution in [0.1, 0.15) is 97.9 Å². The van der Waals surface area contributed by atoms with E-state index in [1.807, 2.05) is 55.4 Å². The number of anilines is 6. The van der Waals surface area contributed by atoms with Crippen molar-refractivity contribution in [2.24, 2.45) is 0 Å². The highest BCUT2D eigenvalue weighted by atomic mass is 15.1. The Bertz CT molecular complexity index is 2180. The molecule has 0 atom stereocenters. The van der Waals surface area contributed by atoms with Crippen molar-refractivity contribution < 1.29 is 0 Å². The van der Waals surface area contributed by atoms with Crippen molar-refractivity contribution in [1.29, 1.82) is 0 Å².